The number of amides is 1. The van der Waals surface area contributed by atoms with Crippen LogP contribution in [0, 0.1) is 6.92 Å². The van der Waals surface area contributed by atoms with Crippen LogP contribution in [0.1, 0.15) is 5.56 Å². The van der Waals surface area contributed by atoms with Crippen molar-refractivity contribution in [2.24, 2.45) is 0 Å². The Morgan fingerprint density at radius 1 is 1.17 bits per heavy atom. The lowest BCUT2D eigenvalue weighted by molar-refractivity contribution is -0.127. The molecule has 126 valence electrons. The predicted octanol–water partition coefficient (Wildman–Crippen LogP) is 1.70. The second kappa shape index (κ2) is 6.16. The second-order valence-electron chi connectivity index (χ2n) is 5.54. The van der Waals surface area contributed by atoms with Crippen LogP contribution < -0.4 is 14.4 Å². The minimum Gasteiger partial charge on any atom is -0.476 e. The Labute approximate surface area is 141 Å². The van der Waals surface area contributed by atoms with Crippen LogP contribution in [-0.2, 0) is 14.8 Å². The number of sulfonamides is 1. The summed E-state index contributed by atoms with van der Waals surface area (Å²) in [5, 5.41) is 2.50. The minimum absolute atomic E-state index is 0.0765. The number of nitrogens with zero attached hydrogens (tertiary/aromatic N) is 1. The summed E-state index contributed by atoms with van der Waals surface area (Å²) in [5.41, 5.74) is 1.40. The number of aryl methyl sites for hydroxylation is 1. The lowest BCUT2D eigenvalue weighted by Crippen LogP contribution is -2.50. The molecule has 1 N–H and O–H groups in total. The minimum atomic E-state index is -3.79. The first-order chi connectivity index (χ1) is 11.4. The number of carbonyl (C=O) groups is 1. The van der Waals surface area contributed by atoms with Crippen molar-refractivity contribution in [1.29, 1.82) is 0 Å². The summed E-state index contributed by atoms with van der Waals surface area (Å²) in [6, 6.07) is 13.4. The Morgan fingerprint density at radius 3 is 2.50 bits per heavy atom. The number of hydrogen-bond acceptors (Lipinski definition) is 4. The Balaban J connectivity index is 2.07. The zero-order chi connectivity index (χ0) is 17.3. The maximum absolute atomic E-state index is 13.1. The van der Waals surface area contributed by atoms with Crippen LogP contribution in [0.2, 0.25) is 0 Å². The van der Waals surface area contributed by atoms with Crippen molar-refractivity contribution < 1.29 is 17.9 Å². The van der Waals surface area contributed by atoms with Crippen LogP contribution in [0.25, 0.3) is 0 Å². The molecule has 2 aromatic rings. The first kappa shape index (κ1) is 16.3. The number of benzene rings is 2. The quantitative estimate of drug-likeness (QED) is 0.918. The fourth-order valence-electron chi connectivity index (χ4n) is 2.56. The molecule has 0 aromatic heterocycles. The van der Waals surface area contributed by atoms with E-state index < -0.39 is 16.1 Å². The van der Waals surface area contributed by atoms with Crippen molar-refractivity contribution in [1.82, 2.24) is 5.32 Å². The first-order valence-corrected chi connectivity index (χ1v) is 8.94. The standard InChI is InChI=1S/C17H18N2O4S/c1-12-7-9-13(10-8-12)24(21,22)19-11-16(17(20)18-2)23-15-6-4-3-5-14(15)19/h3-10,16H,11H2,1-2H3,(H,18,20)/t16-/m1/s1. The topological polar surface area (TPSA) is 75.7 Å². The van der Waals surface area contributed by atoms with Crippen LogP contribution in [0.15, 0.2) is 53.4 Å². The zero-order valence-corrected chi connectivity index (χ0v) is 14.2. The van der Waals surface area contributed by atoms with Gasteiger partial charge in [-0.1, -0.05) is 29.8 Å². The summed E-state index contributed by atoms with van der Waals surface area (Å²) in [4.78, 5) is 12.2. The molecule has 0 bridgehead atoms. The molecule has 0 saturated carbocycles. The molecule has 3 rings (SSSR count). The van der Waals surface area contributed by atoms with E-state index in [0.29, 0.717) is 11.4 Å². The third-order valence-electron chi connectivity index (χ3n) is 3.88. The molecule has 0 spiro atoms. The molecule has 6 nitrogen and oxygen atoms in total. The van der Waals surface area contributed by atoms with Gasteiger partial charge in [-0.3, -0.25) is 9.10 Å². The normalized spacial score (nSPS) is 16.9. The molecule has 0 aliphatic carbocycles. The largest absolute Gasteiger partial charge is 0.476 e. The molecule has 1 amide bonds. The predicted molar refractivity (Wildman–Crippen MR) is 90.6 cm³/mol. The molecule has 0 fully saturated rings. The first-order valence-electron chi connectivity index (χ1n) is 7.50. The SMILES string of the molecule is CNC(=O)[C@H]1CN(S(=O)(=O)c2ccc(C)cc2)c2ccccc2O1. The third-order valence-corrected chi connectivity index (χ3v) is 5.68. The van der Waals surface area contributed by atoms with Crippen molar-refractivity contribution in [3.05, 3.63) is 54.1 Å². The van der Waals surface area contributed by atoms with Gasteiger partial charge < -0.3 is 10.1 Å². The summed E-state index contributed by atoms with van der Waals surface area (Å²) < 4.78 is 33.0. The highest BCUT2D eigenvalue weighted by atomic mass is 32.2. The highest BCUT2D eigenvalue weighted by Gasteiger charge is 2.37. The van der Waals surface area contributed by atoms with Gasteiger partial charge in [0.2, 0.25) is 0 Å². The van der Waals surface area contributed by atoms with E-state index >= 15 is 0 Å². The van der Waals surface area contributed by atoms with Gasteiger partial charge >= 0.3 is 0 Å². The molecule has 1 aliphatic heterocycles. The van der Waals surface area contributed by atoms with E-state index in [2.05, 4.69) is 5.32 Å². The zero-order valence-electron chi connectivity index (χ0n) is 13.4. The van der Waals surface area contributed by atoms with Gasteiger partial charge in [-0.25, -0.2) is 8.42 Å². The van der Waals surface area contributed by atoms with E-state index in [4.69, 9.17) is 4.74 Å². The molecular weight excluding hydrogens is 328 g/mol. The number of hydrogen-bond donors (Lipinski definition) is 1. The van der Waals surface area contributed by atoms with Gasteiger partial charge in [-0.05, 0) is 31.2 Å². The highest BCUT2D eigenvalue weighted by Crippen LogP contribution is 2.36. The van der Waals surface area contributed by atoms with E-state index in [1.165, 1.54) is 11.4 Å². The molecule has 7 heteroatoms. The van der Waals surface area contributed by atoms with E-state index in [0.717, 1.165) is 5.56 Å². The molecule has 24 heavy (non-hydrogen) atoms. The van der Waals surface area contributed by atoms with Gasteiger partial charge in [0.1, 0.15) is 5.75 Å². The van der Waals surface area contributed by atoms with Gasteiger partial charge in [0.05, 0.1) is 17.1 Å². The number of anilines is 1. The van der Waals surface area contributed by atoms with Crippen LogP contribution in [-0.4, -0.2) is 34.0 Å². The van der Waals surface area contributed by atoms with E-state index in [1.54, 1.807) is 48.5 Å². The van der Waals surface area contributed by atoms with E-state index in [9.17, 15) is 13.2 Å². The fraction of sp³-hybridized carbons (Fsp3) is 0.235. The molecule has 2 aromatic carbocycles. The van der Waals surface area contributed by atoms with Gasteiger partial charge in [0, 0.05) is 7.05 Å². The monoisotopic (exact) mass is 346 g/mol. The van der Waals surface area contributed by atoms with Crippen molar-refractivity contribution >= 4 is 21.6 Å². The van der Waals surface area contributed by atoms with Gasteiger partial charge in [0.25, 0.3) is 15.9 Å². The maximum Gasteiger partial charge on any atom is 0.264 e. The Hall–Kier alpha value is -2.54. The third kappa shape index (κ3) is 2.82. The lowest BCUT2D eigenvalue weighted by atomic mass is 10.2. The van der Waals surface area contributed by atoms with Gasteiger partial charge in [0.15, 0.2) is 6.10 Å². The number of fused-ring (bicyclic) bond motifs is 1. The Kier molecular flexibility index (Phi) is 4.19. The number of nitrogens with one attached hydrogen (secondary N) is 1. The number of likely N-dealkylation sites (N-methyl/N-ethyl adjacent to an activating group) is 1. The Bertz CT molecular complexity index is 862. The summed E-state index contributed by atoms with van der Waals surface area (Å²) in [6.45, 7) is 1.81. The lowest BCUT2D eigenvalue weighted by Gasteiger charge is -2.34. The van der Waals surface area contributed by atoms with Crippen molar-refractivity contribution in [3.63, 3.8) is 0 Å². The number of rotatable bonds is 3. The van der Waals surface area contributed by atoms with E-state index in [-0.39, 0.29) is 17.3 Å². The van der Waals surface area contributed by atoms with Crippen molar-refractivity contribution in [2.45, 2.75) is 17.9 Å². The molecule has 1 aliphatic rings. The highest BCUT2D eigenvalue weighted by molar-refractivity contribution is 7.92. The number of ether oxygens (including phenoxy) is 1. The molecule has 0 radical (unpaired) electrons. The van der Waals surface area contributed by atoms with Gasteiger partial charge in [-0.2, -0.15) is 0 Å². The molecule has 0 saturated heterocycles. The molecule has 1 heterocycles. The summed E-state index contributed by atoms with van der Waals surface area (Å²) in [5.74, 6) is 0.00152. The number of carbonyl (C=O) groups excluding carboxylic acids is 1. The average Bonchev–Trinajstić information content (AvgIpc) is 2.60. The number of para-hydroxylation sites is 2. The summed E-state index contributed by atoms with van der Waals surface area (Å²) >= 11 is 0. The van der Waals surface area contributed by atoms with Crippen LogP contribution in [0.5, 0.6) is 5.75 Å². The smallest absolute Gasteiger partial charge is 0.264 e. The van der Waals surface area contributed by atoms with E-state index in [1.807, 2.05) is 6.92 Å². The maximum atomic E-state index is 13.1. The van der Waals surface area contributed by atoms with Gasteiger partial charge in [-0.15, -0.1) is 0 Å². The van der Waals surface area contributed by atoms with Crippen LogP contribution >= 0.6 is 0 Å². The summed E-state index contributed by atoms with van der Waals surface area (Å²) in [7, 11) is -2.30. The second-order valence-corrected chi connectivity index (χ2v) is 7.40. The molecule has 1 atom stereocenters. The van der Waals surface area contributed by atoms with Crippen LogP contribution in [0.4, 0.5) is 5.69 Å². The molecule has 0 unspecified atom stereocenters. The van der Waals surface area contributed by atoms with Crippen LogP contribution in [0.3, 0.4) is 0 Å². The van der Waals surface area contributed by atoms with Crippen molar-refractivity contribution in [2.75, 3.05) is 17.9 Å². The Morgan fingerprint density at radius 2 is 1.83 bits per heavy atom. The average molecular weight is 346 g/mol. The fourth-order valence-corrected chi connectivity index (χ4v) is 4.04. The van der Waals surface area contributed by atoms with Crippen molar-refractivity contribution in [3.8, 4) is 5.75 Å². The summed E-state index contributed by atoms with van der Waals surface area (Å²) in [6.07, 6.45) is -0.898. The molecular formula is C17H18N2O4S.